The Balaban J connectivity index is 1.40. The van der Waals surface area contributed by atoms with E-state index in [1.54, 1.807) is 6.20 Å². The van der Waals surface area contributed by atoms with Crippen LogP contribution in [-0.4, -0.2) is 39.5 Å². The summed E-state index contributed by atoms with van der Waals surface area (Å²) in [6, 6.07) is 16.7. The molecular weight excluding hydrogens is 378 g/mol. The normalized spacial score (nSPS) is 14.3. The number of hydrogen-bond acceptors (Lipinski definition) is 5. The van der Waals surface area contributed by atoms with Crippen molar-refractivity contribution in [2.24, 2.45) is 0 Å². The number of aromatic nitrogens is 3. The van der Waals surface area contributed by atoms with Gasteiger partial charge in [-0.25, -0.2) is 9.97 Å². The van der Waals surface area contributed by atoms with Crippen molar-refractivity contribution in [3.8, 4) is 11.3 Å². The lowest BCUT2D eigenvalue weighted by molar-refractivity contribution is 0.854. The van der Waals surface area contributed by atoms with Crippen molar-refractivity contribution in [3.63, 3.8) is 0 Å². The molecule has 2 aromatic heterocycles. The van der Waals surface area contributed by atoms with Gasteiger partial charge in [-0.1, -0.05) is 18.2 Å². The van der Waals surface area contributed by atoms with Crippen LogP contribution in [0.1, 0.15) is 5.56 Å². The molecule has 2 N–H and O–H groups in total. The fourth-order valence-electron chi connectivity index (χ4n) is 3.87. The summed E-state index contributed by atoms with van der Waals surface area (Å²) >= 11 is 2.03. The predicted molar refractivity (Wildman–Crippen MR) is 123 cm³/mol. The molecule has 5 nitrogen and oxygen atoms in total. The van der Waals surface area contributed by atoms with Crippen molar-refractivity contribution < 1.29 is 0 Å². The van der Waals surface area contributed by atoms with Crippen LogP contribution in [0.5, 0.6) is 0 Å². The van der Waals surface area contributed by atoms with E-state index in [9.17, 15) is 0 Å². The van der Waals surface area contributed by atoms with Gasteiger partial charge in [-0.05, 0) is 42.8 Å². The number of para-hydroxylation sites is 1. The number of fused-ring (bicyclic) bond motifs is 1. The number of nitrogens with one attached hydrogen (secondary N) is 2. The first kappa shape index (κ1) is 18.1. The van der Waals surface area contributed by atoms with Crippen LogP contribution in [0.4, 0.5) is 17.3 Å². The molecule has 1 saturated heterocycles. The summed E-state index contributed by atoms with van der Waals surface area (Å²) in [5.41, 5.74) is 6.70. The highest BCUT2D eigenvalue weighted by atomic mass is 32.2. The van der Waals surface area contributed by atoms with Crippen molar-refractivity contribution >= 4 is 40.0 Å². The Morgan fingerprint density at radius 1 is 1.07 bits per heavy atom. The molecule has 3 heterocycles. The van der Waals surface area contributed by atoms with E-state index in [0.717, 1.165) is 40.9 Å². The van der Waals surface area contributed by atoms with Gasteiger partial charge in [0.2, 0.25) is 5.95 Å². The molecule has 2 aromatic carbocycles. The second-order valence-corrected chi connectivity index (χ2v) is 8.46. The number of benzene rings is 2. The molecule has 0 saturated carbocycles. The second-order valence-electron chi connectivity index (χ2n) is 7.24. The molecule has 0 spiro atoms. The molecule has 0 unspecified atom stereocenters. The number of nitrogens with zero attached hydrogens (tertiary/aromatic N) is 3. The summed E-state index contributed by atoms with van der Waals surface area (Å²) in [6.07, 6.45) is 3.81. The third-order valence-electron chi connectivity index (χ3n) is 5.33. The molecule has 0 radical (unpaired) electrons. The van der Waals surface area contributed by atoms with Gasteiger partial charge in [-0.3, -0.25) is 0 Å². The van der Waals surface area contributed by atoms with Crippen molar-refractivity contribution in [1.82, 2.24) is 15.0 Å². The number of thioether (sulfide) groups is 1. The first-order valence-corrected chi connectivity index (χ1v) is 11.0. The standard InChI is InChI=1S/C23H23N5S/c1-16-14-17(6-7-22(16)28-10-12-29-13-11-28)26-23-24-9-8-21(27-23)19-15-25-20-5-3-2-4-18(19)20/h2-9,14-15,25H,10-13H2,1H3,(H,24,26,27). The summed E-state index contributed by atoms with van der Waals surface area (Å²) in [5.74, 6) is 3.01. The van der Waals surface area contributed by atoms with Crippen LogP contribution in [-0.2, 0) is 0 Å². The minimum absolute atomic E-state index is 0.606. The average molecular weight is 402 g/mol. The highest BCUT2D eigenvalue weighted by molar-refractivity contribution is 7.99. The monoisotopic (exact) mass is 401 g/mol. The number of aromatic amines is 1. The van der Waals surface area contributed by atoms with Crippen molar-refractivity contribution in [1.29, 1.82) is 0 Å². The Morgan fingerprint density at radius 2 is 1.93 bits per heavy atom. The van der Waals surface area contributed by atoms with Crippen LogP contribution in [0.2, 0.25) is 0 Å². The third-order valence-corrected chi connectivity index (χ3v) is 6.27. The maximum Gasteiger partial charge on any atom is 0.227 e. The van der Waals surface area contributed by atoms with E-state index >= 15 is 0 Å². The van der Waals surface area contributed by atoms with Gasteiger partial charge in [0.15, 0.2) is 0 Å². The van der Waals surface area contributed by atoms with Gasteiger partial charge in [-0.15, -0.1) is 0 Å². The Hall–Kier alpha value is -2.99. The van der Waals surface area contributed by atoms with Gasteiger partial charge in [-0.2, -0.15) is 11.8 Å². The molecule has 1 fully saturated rings. The molecule has 4 aromatic rings. The Bertz CT molecular complexity index is 1150. The number of hydrogen-bond donors (Lipinski definition) is 2. The topological polar surface area (TPSA) is 56.8 Å². The summed E-state index contributed by atoms with van der Waals surface area (Å²) < 4.78 is 0. The number of aryl methyl sites for hydroxylation is 1. The fraction of sp³-hybridized carbons (Fsp3) is 0.217. The van der Waals surface area contributed by atoms with E-state index in [1.807, 2.05) is 36.2 Å². The minimum atomic E-state index is 0.606. The van der Waals surface area contributed by atoms with Crippen LogP contribution in [0, 0.1) is 6.92 Å². The van der Waals surface area contributed by atoms with Crippen LogP contribution in [0.15, 0.2) is 60.9 Å². The predicted octanol–water partition coefficient (Wildman–Crippen LogP) is 5.23. The summed E-state index contributed by atoms with van der Waals surface area (Å²) in [4.78, 5) is 15.0. The van der Waals surface area contributed by atoms with E-state index in [1.165, 1.54) is 22.8 Å². The first-order chi connectivity index (χ1) is 14.3. The first-order valence-electron chi connectivity index (χ1n) is 9.88. The highest BCUT2D eigenvalue weighted by Crippen LogP contribution is 2.29. The Morgan fingerprint density at radius 3 is 2.79 bits per heavy atom. The zero-order valence-corrected chi connectivity index (χ0v) is 17.2. The maximum atomic E-state index is 4.75. The van der Waals surface area contributed by atoms with Crippen LogP contribution < -0.4 is 10.2 Å². The Kier molecular flexibility index (Phi) is 4.86. The fourth-order valence-corrected chi connectivity index (χ4v) is 4.78. The molecule has 29 heavy (non-hydrogen) atoms. The van der Waals surface area contributed by atoms with Crippen LogP contribution >= 0.6 is 11.8 Å². The molecule has 146 valence electrons. The van der Waals surface area contributed by atoms with E-state index in [2.05, 4.69) is 57.4 Å². The molecule has 0 amide bonds. The number of anilines is 3. The zero-order chi connectivity index (χ0) is 19.6. The summed E-state index contributed by atoms with van der Waals surface area (Å²) in [5, 5.41) is 4.53. The van der Waals surface area contributed by atoms with Gasteiger partial charge in [0.1, 0.15) is 0 Å². The van der Waals surface area contributed by atoms with E-state index < -0.39 is 0 Å². The molecule has 0 atom stereocenters. The highest BCUT2D eigenvalue weighted by Gasteiger charge is 2.14. The largest absolute Gasteiger partial charge is 0.370 e. The van der Waals surface area contributed by atoms with Gasteiger partial charge in [0, 0.05) is 64.8 Å². The van der Waals surface area contributed by atoms with Crippen molar-refractivity contribution in [2.75, 3.05) is 34.8 Å². The van der Waals surface area contributed by atoms with Crippen molar-refractivity contribution in [2.45, 2.75) is 6.92 Å². The molecule has 6 heteroatoms. The molecule has 5 rings (SSSR count). The number of H-pyrrole nitrogens is 1. The summed E-state index contributed by atoms with van der Waals surface area (Å²) in [6.45, 7) is 4.41. The maximum absolute atomic E-state index is 4.75. The van der Waals surface area contributed by atoms with E-state index in [-0.39, 0.29) is 0 Å². The van der Waals surface area contributed by atoms with Gasteiger partial charge in [0.05, 0.1) is 5.69 Å². The lowest BCUT2D eigenvalue weighted by Crippen LogP contribution is -2.32. The van der Waals surface area contributed by atoms with Crippen LogP contribution in [0.3, 0.4) is 0 Å². The molecule has 0 bridgehead atoms. The lowest BCUT2D eigenvalue weighted by Gasteiger charge is -2.30. The molecule has 1 aliphatic rings. The minimum Gasteiger partial charge on any atom is -0.370 e. The summed E-state index contributed by atoms with van der Waals surface area (Å²) in [7, 11) is 0. The molecular formula is C23H23N5S. The molecule has 0 aliphatic carbocycles. The second kappa shape index (κ2) is 7.79. The van der Waals surface area contributed by atoms with Gasteiger partial charge in [0.25, 0.3) is 0 Å². The van der Waals surface area contributed by atoms with Gasteiger partial charge < -0.3 is 15.2 Å². The number of rotatable bonds is 4. The van der Waals surface area contributed by atoms with Crippen LogP contribution in [0.25, 0.3) is 22.2 Å². The smallest absolute Gasteiger partial charge is 0.227 e. The zero-order valence-electron chi connectivity index (χ0n) is 16.4. The van der Waals surface area contributed by atoms with E-state index in [4.69, 9.17) is 4.98 Å². The molecule has 1 aliphatic heterocycles. The van der Waals surface area contributed by atoms with Crippen molar-refractivity contribution in [3.05, 3.63) is 66.5 Å². The Labute approximate surface area is 174 Å². The van der Waals surface area contributed by atoms with Gasteiger partial charge >= 0.3 is 0 Å². The average Bonchev–Trinajstić information content (AvgIpc) is 3.19. The lowest BCUT2D eigenvalue weighted by atomic mass is 10.1. The van der Waals surface area contributed by atoms with E-state index in [0.29, 0.717) is 5.95 Å². The third kappa shape index (κ3) is 3.68. The quantitative estimate of drug-likeness (QED) is 0.490. The SMILES string of the molecule is Cc1cc(Nc2nccc(-c3c[nH]c4ccccc34)n2)ccc1N1CCSCC1.